The first-order valence-electron chi connectivity index (χ1n) is 8.81. The lowest BCUT2D eigenvalue weighted by atomic mass is 9.99. The van der Waals surface area contributed by atoms with E-state index in [9.17, 15) is 14.7 Å². The van der Waals surface area contributed by atoms with Crippen molar-refractivity contribution in [3.05, 3.63) is 40.8 Å². The molecule has 2 fully saturated rings. The fourth-order valence-corrected chi connectivity index (χ4v) is 4.60. The molecule has 7 heteroatoms. The summed E-state index contributed by atoms with van der Waals surface area (Å²) < 4.78 is 0.418. The molecule has 0 spiro atoms. The van der Waals surface area contributed by atoms with Gasteiger partial charge in [-0.2, -0.15) is 0 Å². The maximum Gasteiger partial charge on any atom is 0.266 e. The van der Waals surface area contributed by atoms with E-state index in [2.05, 4.69) is 0 Å². The minimum absolute atomic E-state index is 0.0290. The van der Waals surface area contributed by atoms with Crippen LogP contribution >= 0.6 is 24.0 Å². The van der Waals surface area contributed by atoms with E-state index in [-0.39, 0.29) is 31.0 Å². The van der Waals surface area contributed by atoms with Gasteiger partial charge in [-0.05, 0) is 37.3 Å². The van der Waals surface area contributed by atoms with Gasteiger partial charge in [0.25, 0.3) is 5.91 Å². The van der Waals surface area contributed by atoms with Crippen LogP contribution in [0.15, 0.2) is 35.2 Å². The molecule has 3 rings (SSSR count). The molecule has 0 radical (unpaired) electrons. The summed E-state index contributed by atoms with van der Waals surface area (Å²) in [6.07, 6.45) is 5.31. The smallest absolute Gasteiger partial charge is 0.266 e. The molecule has 0 aromatic heterocycles. The van der Waals surface area contributed by atoms with Crippen LogP contribution in [0.2, 0.25) is 0 Å². The van der Waals surface area contributed by atoms with Crippen LogP contribution in [0.1, 0.15) is 31.2 Å². The first-order chi connectivity index (χ1) is 12.6. The molecule has 138 valence electrons. The fraction of sp³-hybridized carbons (Fsp3) is 0.421. The average molecular weight is 391 g/mol. The van der Waals surface area contributed by atoms with Gasteiger partial charge in [-0.1, -0.05) is 54.3 Å². The third kappa shape index (κ3) is 4.34. The van der Waals surface area contributed by atoms with Gasteiger partial charge >= 0.3 is 0 Å². The highest BCUT2D eigenvalue weighted by Crippen LogP contribution is 2.32. The lowest BCUT2D eigenvalue weighted by Crippen LogP contribution is -2.49. The molecule has 1 aromatic carbocycles. The summed E-state index contributed by atoms with van der Waals surface area (Å²) in [4.78, 5) is 29.2. The van der Waals surface area contributed by atoms with E-state index in [4.69, 9.17) is 12.2 Å². The monoisotopic (exact) mass is 390 g/mol. The predicted octanol–water partition coefficient (Wildman–Crippen LogP) is 2.65. The van der Waals surface area contributed by atoms with E-state index in [1.54, 1.807) is 11.0 Å². The molecule has 0 saturated carbocycles. The summed E-state index contributed by atoms with van der Waals surface area (Å²) in [7, 11) is 0. The van der Waals surface area contributed by atoms with Crippen LogP contribution in [0.25, 0.3) is 6.08 Å². The van der Waals surface area contributed by atoms with E-state index in [0.717, 1.165) is 24.8 Å². The highest BCUT2D eigenvalue weighted by molar-refractivity contribution is 8.26. The molecule has 2 heterocycles. The van der Waals surface area contributed by atoms with Crippen molar-refractivity contribution < 1.29 is 14.7 Å². The van der Waals surface area contributed by atoms with Gasteiger partial charge in [0.2, 0.25) is 5.91 Å². The van der Waals surface area contributed by atoms with Crippen LogP contribution in [-0.4, -0.2) is 56.8 Å². The van der Waals surface area contributed by atoms with Gasteiger partial charge in [-0.25, -0.2) is 0 Å². The van der Waals surface area contributed by atoms with Crippen molar-refractivity contribution in [1.82, 2.24) is 9.80 Å². The summed E-state index contributed by atoms with van der Waals surface area (Å²) in [6.45, 7) is 0.714. The number of aliphatic hydroxyl groups excluding tert-OH is 1. The molecule has 2 aliphatic rings. The molecular weight excluding hydrogens is 368 g/mol. The van der Waals surface area contributed by atoms with Crippen LogP contribution in [0.3, 0.4) is 0 Å². The first-order valence-corrected chi connectivity index (χ1v) is 10.0. The van der Waals surface area contributed by atoms with Crippen molar-refractivity contribution in [2.75, 3.05) is 19.7 Å². The Hall–Kier alpha value is -1.70. The number of thiocarbonyl (C=S) groups is 1. The van der Waals surface area contributed by atoms with Crippen LogP contribution in [-0.2, 0) is 9.59 Å². The lowest BCUT2D eigenvalue weighted by molar-refractivity contribution is -0.138. The quantitative estimate of drug-likeness (QED) is 0.619. The molecule has 2 aliphatic heterocycles. The molecule has 0 bridgehead atoms. The number of likely N-dealkylation sites (tertiary alicyclic amines) is 1. The second kappa shape index (κ2) is 8.79. The number of carbonyl (C=O) groups is 2. The summed E-state index contributed by atoms with van der Waals surface area (Å²) in [5, 5.41) is 9.23. The van der Waals surface area contributed by atoms with E-state index >= 15 is 0 Å². The van der Waals surface area contributed by atoms with Crippen molar-refractivity contribution >= 4 is 46.2 Å². The van der Waals surface area contributed by atoms with E-state index in [1.807, 2.05) is 30.3 Å². The number of aliphatic hydroxyl groups is 1. The van der Waals surface area contributed by atoms with Gasteiger partial charge < -0.3 is 10.0 Å². The van der Waals surface area contributed by atoms with Crippen molar-refractivity contribution in [2.24, 2.45) is 0 Å². The Morgan fingerprint density at radius 1 is 1.31 bits per heavy atom. The molecule has 1 unspecified atom stereocenters. The number of piperidine rings is 1. The molecule has 2 saturated heterocycles. The molecule has 0 aliphatic carbocycles. The SMILES string of the molecule is O=C1C(=Cc2ccccc2)SC(=S)N1CC(=O)N1CCCCC1CCO. The Morgan fingerprint density at radius 2 is 2.08 bits per heavy atom. The van der Waals surface area contributed by atoms with Crippen molar-refractivity contribution in [2.45, 2.75) is 31.7 Å². The Kier molecular flexibility index (Phi) is 6.45. The summed E-state index contributed by atoms with van der Waals surface area (Å²) in [6, 6.07) is 9.64. The van der Waals surface area contributed by atoms with Gasteiger partial charge in [0.05, 0.1) is 4.91 Å². The van der Waals surface area contributed by atoms with Crippen molar-refractivity contribution in [1.29, 1.82) is 0 Å². The van der Waals surface area contributed by atoms with Crippen LogP contribution in [0.5, 0.6) is 0 Å². The van der Waals surface area contributed by atoms with Gasteiger partial charge in [-0.15, -0.1) is 0 Å². The number of nitrogens with zero attached hydrogens (tertiary/aromatic N) is 2. The molecule has 1 aromatic rings. The van der Waals surface area contributed by atoms with E-state index in [0.29, 0.717) is 22.2 Å². The number of hydrogen-bond acceptors (Lipinski definition) is 5. The molecule has 2 amide bonds. The Morgan fingerprint density at radius 3 is 2.81 bits per heavy atom. The largest absolute Gasteiger partial charge is 0.396 e. The van der Waals surface area contributed by atoms with E-state index < -0.39 is 0 Å². The topological polar surface area (TPSA) is 60.9 Å². The summed E-state index contributed by atoms with van der Waals surface area (Å²) >= 11 is 6.56. The highest BCUT2D eigenvalue weighted by atomic mass is 32.2. The molecule has 5 nitrogen and oxygen atoms in total. The zero-order valence-corrected chi connectivity index (χ0v) is 16.1. The summed E-state index contributed by atoms with van der Waals surface area (Å²) in [5.41, 5.74) is 0.929. The molecule has 26 heavy (non-hydrogen) atoms. The van der Waals surface area contributed by atoms with Crippen molar-refractivity contribution in [3.8, 4) is 0 Å². The maximum absolute atomic E-state index is 12.8. The highest BCUT2D eigenvalue weighted by Gasteiger charge is 2.35. The van der Waals surface area contributed by atoms with Crippen LogP contribution in [0.4, 0.5) is 0 Å². The van der Waals surface area contributed by atoms with Gasteiger partial charge in [0.15, 0.2) is 0 Å². The molecular formula is C19H22N2O3S2. The van der Waals surface area contributed by atoms with E-state index in [1.165, 1.54) is 16.7 Å². The molecule has 1 N–H and O–H groups in total. The Balaban J connectivity index is 1.69. The second-order valence-corrected chi connectivity index (χ2v) is 8.10. The normalized spacial score (nSPS) is 22.3. The zero-order chi connectivity index (χ0) is 18.5. The average Bonchev–Trinajstić information content (AvgIpc) is 2.90. The van der Waals surface area contributed by atoms with Crippen LogP contribution in [0, 0.1) is 0 Å². The summed E-state index contributed by atoms with van der Waals surface area (Å²) in [5.74, 6) is -0.312. The maximum atomic E-state index is 12.8. The van der Waals surface area contributed by atoms with Gasteiger partial charge in [0.1, 0.15) is 10.9 Å². The number of hydrogen-bond donors (Lipinski definition) is 1. The number of rotatable bonds is 5. The fourth-order valence-electron chi connectivity index (χ4n) is 3.34. The lowest BCUT2D eigenvalue weighted by Gasteiger charge is -2.36. The zero-order valence-electron chi connectivity index (χ0n) is 14.5. The van der Waals surface area contributed by atoms with Gasteiger partial charge in [-0.3, -0.25) is 14.5 Å². The third-order valence-electron chi connectivity index (χ3n) is 4.67. The third-order valence-corrected chi connectivity index (χ3v) is 6.05. The second-order valence-electron chi connectivity index (χ2n) is 6.43. The standard InChI is InChI=1S/C19H22N2O3S2/c22-11-9-15-8-4-5-10-20(15)17(23)13-21-18(24)16(26-19(21)25)12-14-6-2-1-3-7-14/h1-3,6-7,12,15,22H,4-5,8-11,13H2. The Labute approximate surface area is 163 Å². The van der Waals surface area contributed by atoms with Crippen LogP contribution < -0.4 is 0 Å². The molecule has 1 atom stereocenters. The number of benzene rings is 1. The Bertz CT molecular complexity index is 719. The predicted molar refractivity (Wildman–Crippen MR) is 107 cm³/mol. The minimum atomic E-state index is -0.215. The van der Waals surface area contributed by atoms with Crippen molar-refractivity contribution in [3.63, 3.8) is 0 Å². The van der Waals surface area contributed by atoms with Gasteiger partial charge in [0, 0.05) is 19.2 Å². The number of amides is 2. The number of carbonyl (C=O) groups excluding carboxylic acids is 2. The number of thioether (sulfide) groups is 1. The minimum Gasteiger partial charge on any atom is -0.396 e. The first kappa shape index (κ1) is 19.1.